The van der Waals surface area contributed by atoms with Gasteiger partial charge in [0.2, 0.25) is 0 Å². The minimum absolute atomic E-state index is 0.815. The van der Waals surface area contributed by atoms with Crippen molar-refractivity contribution >= 4 is 44.0 Å². The zero-order valence-corrected chi connectivity index (χ0v) is 14.4. The predicted molar refractivity (Wildman–Crippen MR) is 97.4 cm³/mol. The fraction of sp³-hybridized carbons (Fsp3) is 0.111. The Morgan fingerprint density at radius 2 is 1.78 bits per heavy atom. The summed E-state index contributed by atoms with van der Waals surface area (Å²) in [5.41, 5.74) is 6.38. The predicted octanol–water partition coefficient (Wildman–Crippen LogP) is 5.01. The molecular weight excluding hydrogens is 352 g/mol. The Morgan fingerprint density at radius 1 is 1.04 bits per heavy atom. The lowest BCUT2D eigenvalue weighted by molar-refractivity contribution is 1.18. The van der Waals surface area contributed by atoms with Gasteiger partial charge in [-0.25, -0.2) is 9.97 Å². The highest BCUT2D eigenvalue weighted by molar-refractivity contribution is 9.10. The summed E-state index contributed by atoms with van der Waals surface area (Å²) in [7, 11) is 0. The van der Waals surface area contributed by atoms with Crippen molar-refractivity contribution in [3.05, 3.63) is 64.5 Å². The molecule has 4 rings (SSSR count). The molecule has 0 fully saturated rings. The summed E-state index contributed by atoms with van der Waals surface area (Å²) in [6, 6.07) is 12.3. The first-order valence-electron chi connectivity index (χ1n) is 7.38. The number of anilines is 2. The van der Waals surface area contributed by atoms with Crippen molar-refractivity contribution in [3.8, 4) is 0 Å². The minimum Gasteiger partial charge on any atom is -0.338 e. The Balaban J connectivity index is 1.93. The monoisotopic (exact) mass is 366 g/mol. The van der Waals surface area contributed by atoms with E-state index >= 15 is 0 Å². The molecule has 0 bridgehead atoms. The quantitative estimate of drug-likeness (QED) is 0.542. The molecule has 0 saturated heterocycles. The number of hydrogen-bond acceptors (Lipinski definition) is 3. The van der Waals surface area contributed by atoms with Crippen molar-refractivity contribution in [2.45, 2.75) is 13.8 Å². The smallest absolute Gasteiger partial charge is 0.157 e. The van der Waals surface area contributed by atoms with E-state index in [0.29, 0.717) is 0 Å². The van der Waals surface area contributed by atoms with Crippen LogP contribution in [0.15, 0.2) is 53.4 Å². The second kappa shape index (κ2) is 5.35. The number of para-hydroxylation sites is 2. The lowest BCUT2D eigenvalue weighted by Gasteiger charge is -2.14. The van der Waals surface area contributed by atoms with Gasteiger partial charge in [-0.2, -0.15) is 0 Å². The maximum atomic E-state index is 4.79. The van der Waals surface area contributed by atoms with Gasteiger partial charge < -0.3 is 5.32 Å². The van der Waals surface area contributed by atoms with E-state index in [1.165, 1.54) is 11.1 Å². The van der Waals surface area contributed by atoms with Gasteiger partial charge in [0.25, 0.3) is 0 Å². The van der Waals surface area contributed by atoms with E-state index in [1.54, 1.807) is 0 Å². The molecule has 5 heteroatoms. The van der Waals surface area contributed by atoms with Gasteiger partial charge in [-0.3, -0.25) is 4.40 Å². The lowest BCUT2D eigenvalue weighted by atomic mass is 10.1. The average molecular weight is 367 g/mol. The summed E-state index contributed by atoms with van der Waals surface area (Å²) >= 11 is 3.54. The molecule has 23 heavy (non-hydrogen) atoms. The molecule has 0 atom stereocenters. The molecule has 2 aromatic heterocycles. The van der Waals surface area contributed by atoms with Gasteiger partial charge in [0.05, 0.1) is 23.6 Å². The molecule has 0 spiro atoms. The molecule has 2 aromatic carbocycles. The third-order valence-corrected chi connectivity index (χ3v) is 4.45. The van der Waals surface area contributed by atoms with Crippen LogP contribution < -0.4 is 5.32 Å². The number of imidazole rings is 1. The number of halogens is 1. The molecule has 2 heterocycles. The molecule has 0 aliphatic carbocycles. The second-order valence-electron chi connectivity index (χ2n) is 5.64. The van der Waals surface area contributed by atoms with Crippen LogP contribution in [0, 0.1) is 13.8 Å². The molecule has 4 aromatic rings. The third kappa shape index (κ3) is 2.37. The first-order valence-corrected chi connectivity index (χ1v) is 8.17. The molecule has 1 N–H and O–H groups in total. The number of rotatable bonds is 2. The van der Waals surface area contributed by atoms with Crippen molar-refractivity contribution < 1.29 is 0 Å². The maximum Gasteiger partial charge on any atom is 0.157 e. The topological polar surface area (TPSA) is 42.2 Å². The van der Waals surface area contributed by atoms with Gasteiger partial charge in [0.15, 0.2) is 5.82 Å². The van der Waals surface area contributed by atoms with Crippen molar-refractivity contribution in [1.82, 2.24) is 14.4 Å². The average Bonchev–Trinajstić information content (AvgIpc) is 3.00. The van der Waals surface area contributed by atoms with Crippen molar-refractivity contribution in [2.24, 2.45) is 0 Å². The SMILES string of the molecule is Cc1cc(Br)cc(C)c1Nc1nc2ccccc2n2cncc12. The molecule has 0 saturated carbocycles. The number of nitrogens with one attached hydrogen (secondary N) is 1. The highest BCUT2D eigenvalue weighted by Crippen LogP contribution is 2.30. The molecular formula is C18H15BrN4. The van der Waals surface area contributed by atoms with Gasteiger partial charge in [-0.05, 0) is 49.2 Å². The van der Waals surface area contributed by atoms with Crippen LogP contribution in [0.1, 0.15) is 11.1 Å². The van der Waals surface area contributed by atoms with E-state index in [9.17, 15) is 0 Å². The Bertz CT molecular complexity index is 1010. The van der Waals surface area contributed by atoms with Crippen LogP contribution in [0.3, 0.4) is 0 Å². The highest BCUT2D eigenvalue weighted by atomic mass is 79.9. The Kier molecular flexibility index (Phi) is 3.31. The Hall–Kier alpha value is -2.40. The molecule has 0 unspecified atom stereocenters. The minimum atomic E-state index is 0.815. The summed E-state index contributed by atoms with van der Waals surface area (Å²) in [5, 5.41) is 3.50. The van der Waals surface area contributed by atoms with Crippen molar-refractivity contribution in [3.63, 3.8) is 0 Å². The second-order valence-corrected chi connectivity index (χ2v) is 6.55. The van der Waals surface area contributed by atoms with E-state index in [0.717, 1.165) is 32.5 Å². The number of aromatic nitrogens is 3. The van der Waals surface area contributed by atoms with Crippen molar-refractivity contribution in [1.29, 1.82) is 0 Å². The largest absolute Gasteiger partial charge is 0.338 e. The molecule has 4 nitrogen and oxygen atoms in total. The number of nitrogens with zero attached hydrogens (tertiary/aromatic N) is 3. The fourth-order valence-electron chi connectivity index (χ4n) is 2.92. The van der Waals surface area contributed by atoms with Crippen LogP contribution in [-0.4, -0.2) is 14.4 Å². The molecule has 0 radical (unpaired) electrons. The molecule has 114 valence electrons. The van der Waals surface area contributed by atoms with Crippen LogP contribution in [-0.2, 0) is 0 Å². The van der Waals surface area contributed by atoms with Crippen LogP contribution in [0.2, 0.25) is 0 Å². The fourth-order valence-corrected chi connectivity index (χ4v) is 3.61. The summed E-state index contributed by atoms with van der Waals surface area (Å²) < 4.78 is 3.15. The molecule has 0 aliphatic rings. The first kappa shape index (κ1) is 14.2. The maximum absolute atomic E-state index is 4.79. The first-order chi connectivity index (χ1) is 11.1. The van der Waals surface area contributed by atoms with E-state index < -0.39 is 0 Å². The summed E-state index contributed by atoms with van der Waals surface area (Å²) in [5.74, 6) is 0.815. The third-order valence-electron chi connectivity index (χ3n) is 4.00. The van der Waals surface area contributed by atoms with Crippen LogP contribution in [0.5, 0.6) is 0 Å². The van der Waals surface area contributed by atoms with E-state index in [1.807, 2.05) is 30.7 Å². The van der Waals surface area contributed by atoms with Crippen molar-refractivity contribution in [2.75, 3.05) is 5.32 Å². The number of fused-ring (bicyclic) bond motifs is 3. The highest BCUT2D eigenvalue weighted by Gasteiger charge is 2.11. The molecule has 0 aliphatic heterocycles. The summed E-state index contributed by atoms with van der Waals surface area (Å²) in [6.07, 6.45) is 3.66. The van der Waals surface area contributed by atoms with Crippen LogP contribution in [0.4, 0.5) is 11.5 Å². The van der Waals surface area contributed by atoms with E-state index in [2.05, 4.69) is 62.7 Å². The van der Waals surface area contributed by atoms with Crippen LogP contribution in [0.25, 0.3) is 16.6 Å². The zero-order chi connectivity index (χ0) is 16.0. The number of benzene rings is 2. The van der Waals surface area contributed by atoms with Gasteiger partial charge in [-0.1, -0.05) is 28.1 Å². The standard InChI is InChI=1S/C18H15BrN4/c1-11-7-13(19)8-12(2)17(11)22-18-16-9-20-10-23(16)15-6-4-3-5-14(15)21-18/h3-10H,1-2H3,(H,21,22). The normalized spacial score (nSPS) is 11.3. The lowest BCUT2D eigenvalue weighted by Crippen LogP contribution is -2.02. The number of aryl methyl sites for hydroxylation is 2. The van der Waals surface area contributed by atoms with E-state index in [-0.39, 0.29) is 0 Å². The van der Waals surface area contributed by atoms with E-state index in [4.69, 9.17) is 4.98 Å². The zero-order valence-electron chi connectivity index (χ0n) is 12.8. The Labute approximate surface area is 142 Å². The van der Waals surface area contributed by atoms with Gasteiger partial charge >= 0.3 is 0 Å². The van der Waals surface area contributed by atoms with Gasteiger partial charge in [0.1, 0.15) is 5.52 Å². The summed E-state index contributed by atoms with van der Waals surface area (Å²) in [6.45, 7) is 4.18. The van der Waals surface area contributed by atoms with Crippen LogP contribution >= 0.6 is 15.9 Å². The summed E-state index contributed by atoms with van der Waals surface area (Å²) in [4.78, 5) is 9.08. The van der Waals surface area contributed by atoms with Gasteiger partial charge in [0, 0.05) is 10.2 Å². The number of hydrogen-bond donors (Lipinski definition) is 1. The molecule has 0 amide bonds. The van der Waals surface area contributed by atoms with Gasteiger partial charge in [-0.15, -0.1) is 0 Å². The Morgan fingerprint density at radius 3 is 2.57 bits per heavy atom.